The van der Waals surface area contributed by atoms with E-state index in [2.05, 4.69) is 20.4 Å². The SMILES string of the molecule is COCCCN1CC(=O)N[C@H]2CN(C(=O)Cc3c(C)n[nH]c3C)CC[C@H]2OCc2cccc(c2)Oc2cc(ccc2OC)C1. The van der Waals surface area contributed by atoms with Gasteiger partial charge in [0.2, 0.25) is 11.8 Å². The molecule has 4 bridgehead atoms. The first-order chi connectivity index (χ1) is 21.3. The van der Waals surface area contributed by atoms with Crippen LogP contribution in [0.1, 0.15) is 40.9 Å². The molecule has 1 fully saturated rings. The molecule has 5 rings (SSSR count). The van der Waals surface area contributed by atoms with Crippen LogP contribution in [0.15, 0.2) is 42.5 Å². The highest BCUT2D eigenvalue weighted by atomic mass is 16.5. The molecule has 1 aromatic heterocycles. The maximum Gasteiger partial charge on any atom is 0.234 e. The minimum atomic E-state index is -0.354. The van der Waals surface area contributed by atoms with Crippen molar-refractivity contribution in [3.63, 3.8) is 0 Å². The molecule has 2 aliphatic heterocycles. The van der Waals surface area contributed by atoms with Gasteiger partial charge >= 0.3 is 0 Å². The average molecular weight is 606 g/mol. The van der Waals surface area contributed by atoms with Crippen molar-refractivity contribution in [2.24, 2.45) is 0 Å². The zero-order valence-corrected chi connectivity index (χ0v) is 26.1. The van der Waals surface area contributed by atoms with Crippen molar-refractivity contribution in [2.45, 2.75) is 58.4 Å². The molecule has 0 unspecified atom stereocenters. The number of H-pyrrole nitrogens is 1. The summed E-state index contributed by atoms with van der Waals surface area (Å²) in [6.45, 7) is 7.09. The Morgan fingerprint density at radius 3 is 2.75 bits per heavy atom. The Hall–Kier alpha value is -3.93. The monoisotopic (exact) mass is 605 g/mol. The minimum absolute atomic E-state index is 0.0128. The number of piperidine rings is 1. The van der Waals surface area contributed by atoms with Gasteiger partial charge in [0.1, 0.15) is 5.75 Å². The molecule has 0 aliphatic carbocycles. The summed E-state index contributed by atoms with van der Waals surface area (Å²) >= 11 is 0. The van der Waals surface area contributed by atoms with Crippen LogP contribution in [-0.2, 0) is 38.6 Å². The van der Waals surface area contributed by atoms with Crippen molar-refractivity contribution in [3.05, 3.63) is 70.5 Å². The first-order valence-electron chi connectivity index (χ1n) is 15.2. The second-order valence-corrected chi connectivity index (χ2v) is 11.5. The molecule has 2 amide bonds. The molecule has 2 aliphatic rings. The van der Waals surface area contributed by atoms with Gasteiger partial charge in [-0.3, -0.25) is 19.6 Å². The summed E-state index contributed by atoms with van der Waals surface area (Å²) in [5.74, 6) is 1.81. The van der Waals surface area contributed by atoms with Crippen LogP contribution in [0, 0.1) is 13.8 Å². The number of likely N-dealkylation sites (tertiary alicyclic amines) is 1. The predicted molar refractivity (Wildman–Crippen MR) is 165 cm³/mol. The summed E-state index contributed by atoms with van der Waals surface area (Å²) in [5, 5.41) is 10.4. The molecule has 1 saturated heterocycles. The quantitative estimate of drug-likeness (QED) is 0.393. The van der Waals surface area contributed by atoms with Crippen molar-refractivity contribution < 1.29 is 28.5 Å². The van der Waals surface area contributed by atoms with Crippen molar-refractivity contribution in [2.75, 3.05) is 47.0 Å². The summed E-state index contributed by atoms with van der Waals surface area (Å²) < 4.78 is 23.6. The number of carbonyl (C=O) groups excluding carboxylic acids is 2. The molecular weight excluding hydrogens is 562 g/mol. The molecule has 2 aromatic carbocycles. The number of benzene rings is 2. The van der Waals surface area contributed by atoms with E-state index >= 15 is 0 Å². The van der Waals surface area contributed by atoms with Gasteiger partial charge in [0.15, 0.2) is 11.5 Å². The smallest absolute Gasteiger partial charge is 0.234 e. The molecule has 3 heterocycles. The van der Waals surface area contributed by atoms with Gasteiger partial charge in [0, 0.05) is 51.2 Å². The van der Waals surface area contributed by atoms with Gasteiger partial charge in [0.25, 0.3) is 0 Å². The third kappa shape index (κ3) is 7.96. The highest BCUT2D eigenvalue weighted by Crippen LogP contribution is 2.33. The van der Waals surface area contributed by atoms with Crippen LogP contribution >= 0.6 is 0 Å². The van der Waals surface area contributed by atoms with Crippen LogP contribution in [-0.4, -0.2) is 91.0 Å². The fourth-order valence-corrected chi connectivity index (χ4v) is 5.88. The van der Waals surface area contributed by atoms with Crippen molar-refractivity contribution in [1.29, 1.82) is 0 Å². The molecule has 2 atom stereocenters. The Balaban J connectivity index is 1.39. The maximum absolute atomic E-state index is 13.6. The number of ether oxygens (including phenoxy) is 4. The Bertz CT molecular complexity index is 1420. The lowest BCUT2D eigenvalue weighted by Gasteiger charge is -2.39. The van der Waals surface area contributed by atoms with E-state index in [0.717, 1.165) is 34.5 Å². The van der Waals surface area contributed by atoms with E-state index in [0.29, 0.717) is 63.1 Å². The number of nitrogens with zero attached hydrogens (tertiary/aromatic N) is 3. The molecular formula is C33H43N5O6. The molecule has 11 heteroatoms. The van der Waals surface area contributed by atoms with E-state index in [1.807, 2.05) is 61.2 Å². The van der Waals surface area contributed by atoms with Crippen LogP contribution < -0.4 is 14.8 Å². The molecule has 3 aromatic rings. The van der Waals surface area contributed by atoms with E-state index in [1.54, 1.807) is 14.2 Å². The molecule has 0 saturated carbocycles. The van der Waals surface area contributed by atoms with Gasteiger partial charge in [-0.15, -0.1) is 0 Å². The normalized spacial score (nSPS) is 19.5. The number of methoxy groups -OCH3 is 2. The van der Waals surface area contributed by atoms with Gasteiger partial charge in [-0.1, -0.05) is 18.2 Å². The summed E-state index contributed by atoms with van der Waals surface area (Å²) in [6, 6.07) is 13.3. The van der Waals surface area contributed by atoms with E-state index in [4.69, 9.17) is 18.9 Å². The topological polar surface area (TPSA) is 118 Å². The predicted octanol–water partition coefficient (Wildman–Crippen LogP) is 3.52. The van der Waals surface area contributed by atoms with Gasteiger partial charge < -0.3 is 29.2 Å². The number of aromatic amines is 1. The highest BCUT2D eigenvalue weighted by Gasteiger charge is 2.34. The number of aryl methyl sites for hydroxylation is 2. The number of carbonyl (C=O) groups is 2. The number of hydrogen-bond donors (Lipinski definition) is 2. The van der Waals surface area contributed by atoms with Crippen molar-refractivity contribution in [1.82, 2.24) is 25.3 Å². The van der Waals surface area contributed by atoms with Crippen LogP contribution in [0.3, 0.4) is 0 Å². The first kappa shape index (κ1) is 31.5. The highest BCUT2D eigenvalue weighted by molar-refractivity contribution is 5.80. The number of fused-ring (bicyclic) bond motifs is 5. The van der Waals surface area contributed by atoms with Gasteiger partial charge in [-0.05, 0) is 62.1 Å². The van der Waals surface area contributed by atoms with E-state index in [9.17, 15) is 9.59 Å². The standard InChI is InChI=1S/C33H43N5O6/c1-22-27(23(2)36-35-22)17-33(40)38-13-11-29-28(19-38)34-32(39)20-37(12-6-14-41-3)18-24-9-10-30(42-4)31(16-24)44-26-8-5-7-25(15-26)21-43-29/h5,7-10,15-16,28-29H,6,11-14,17-21H2,1-4H3,(H,34,39)(H,35,36)/t28-,29+/m0/s1. The van der Waals surface area contributed by atoms with Crippen LogP contribution in [0.5, 0.6) is 17.2 Å². The first-order valence-corrected chi connectivity index (χ1v) is 15.2. The number of amides is 2. The number of nitrogens with one attached hydrogen (secondary N) is 2. The number of aromatic nitrogens is 2. The van der Waals surface area contributed by atoms with Crippen molar-refractivity contribution in [3.8, 4) is 17.2 Å². The summed E-state index contributed by atoms with van der Waals surface area (Å²) in [7, 11) is 3.29. The molecule has 236 valence electrons. The third-order valence-electron chi connectivity index (χ3n) is 8.27. The molecule has 0 spiro atoms. The Morgan fingerprint density at radius 1 is 1.11 bits per heavy atom. The van der Waals surface area contributed by atoms with Crippen LogP contribution in [0.2, 0.25) is 0 Å². The maximum atomic E-state index is 13.6. The summed E-state index contributed by atoms with van der Waals surface area (Å²) in [4.78, 5) is 30.9. The van der Waals surface area contributed by atoms with E-state index in [1.165, 1.54) is 0 Å². The zero-order chi connectivity index (χ0) is 31.1. The molecule has 44 heavy (non-hydrogen) atoms. The minimum Gasteiger partial charge on any atom is -0.493 e. The van der Waals surface area contributed by atoms with E-state index in [-0.39, 0.29) is 36.9 Å². The average Bonchev–Trinajstić information content (AvgIpc) is 3.32. The number of rotatable bonds is 7. The fraction of sp³-hybridized carbons (Fsp3) is 0.485. The summed E-state index contributed by atoms with van der Waals surface area (Å²) in [5.41, 5.74) is 4.59. The largest absolute Gasteiger partial charge is 0.493 e. The van der Waals surface area contributed by atoms with Crippen LogP contribution in [0.25, 0.3) is 0 Å². The zero-order valence-electron chi connectivity index (χ0n) is 26.1. The fourth-order valence-electron chi connectivity index (χ4n) is 5.88. The second kappa shape index (κ2) is 14.7. The Labute approximate surface area is 258 Å². The molecule has 11 nitrogen and oxygen atoms in total. The number of hydrogen-bond acceptors (Lipinski definition) is 8. The van der Waals surface area contributed by atoms with Gasteiger partial charge in [0.05, 0.1) is 44.5 Å². The van der Waals surface area contributed by atoms with Gasteiger partial charge in [-0.2, -0.15) is 5.10 Å². The Morgan fingerprint density at radius 2 is 1.98 bits per heavy atom. The second-order valence-electron chi connectivity index (χ2n) is 11.5. The lowest BCUT2D eigenvalue weighted by molar-refractivity contribution is -0.137. The lowest BCUT2D eigenvalue weighted by Crippen LogP contribution is -2.58. The van der Waals surface area contributed by atoms with Gasteiger partial charge in [-0.25, -0.2) is 0 Å². The van der Waals surface area contributed by atoms with Crippen molar-refractivity contribution >= 4 is 11.8 Å². The molecule has 2 N–H and O–H groups in total. The third-order valence-corrected chi connectivity index (χ3v) is 8.27. The summed E-state index contributed by atoms with van der Waals surface area (Å²) in [6.07, 6.45) is 1.40. The van der Waals surface area contributed by atoms with Crippen LogP contribution in [0.4, 0.5) is 0 Å². The Kier molecular flexibility index (Phi) is 10.5. The van der Waals surface area contributed by atoms with E-state index < -0.39 is 0 Å². The lowest BCUT2D eigenvalue weighted by atomic mass is 10.00. The molecule has 0 radical (unpaired) electrons.